The number of rotatable bonds is 4. The summed E-state index contributed by atoms with van der Waals surface area (Å²) in [5.74, 6) is -1.47. The summed E-state index contributed by atoms with van der Waals surface area (Å²) in [4.78, 5) is 15.9. The topological polar surface area (TPSA) is 51.2 Å². The molecular weight excluding hydrogens is 376 g/mol. The van der Waals surface area contributed by atoms with E-state index < -0.39 is 23.6 Å². The summed E-state index contributed by atoms with van der Waals surface area (Å²) < 4.78 is 57.7. The highest BCUT2D eigenvalue weighted by molar-refractivity contribution is 6.05. The highest BCUT2D eigenvalue weighted by Gasteiger charge is 2.34. The largest absolute Gasteiger partial charge is 0.457 e. The van der Waals surface area contributed by atoms with Crippen molar-refractivity contribution < 1.29 is 27.1 Å². The number of nitrogens with one attached hydrogen (secondary N) is 1. The lowest BCUT2D eigenvalue weighted by Crippen LogP contribution is -2.14. The molecule has 0 saturated heterocycles. The average Bonchev–Trinajstić information content (AvgIpc) is 2.61. The molecule has 0 atom stereocenters. The van der Waals surface area contributed by atoms with Crippen LogP contribution in [0.2, 0.25) is 0 Å². The van der Waals surface area contributed by atoms with Gasteiger partial charge in [-0.25, -0.2) is 4.98 Å². The van der Waals surface area contributed by atoms with Crippen LogP contribution < -0.4 is 10.1 Å². The normalized spacial score (nSPS) is 11.2. The predicted octanol–water partition coefficient (Wildman–Crippen LogP) is 5.59. The van der Waals surface area contributed by atoms with Crippen LogP contribution in [-0.4, -0.2) is 10.9 Å². The van der Waals surface area contributed by atoms with Crippen molar-refractivity contribution in [2.24, 2.45) is 0 Å². The fourth-order valence-electron chi connectivity index (χ4n) is 2.52. The van der Waals surface area contributed by atoms with Gasteiger partial charge in [0.2, 0.25) is 5.95 Å². The molecule has 1 amide bonds. The van der Waals surface area contributed by atoms with E-state index in [0.717, 1.165) is 12.1 Å². The summed E-state index contributed by atoms with van der Waals surface area (Å²) in [5, 5.41) is 2.59. The van der Waals surface area contributed by atoms with E-state index in [0.29, 0.717) is 5.69 Å². The number of carbonyl (C=O) groups is 1. The van der Waals surface area contributed by atoms with Crippen molar-refractivity contribution in [2.75, 3.05) is 5.32 Å². The molecule has 0 aliphatic rings. The Kier molecular flexibility index (Phi) is 5.30. The molecule has 0 saturated carbocycles. The van der Waals surface area contributed by atoms with Gasteiger partial charge in [0, 0.05) is 11.8 Å². The van der Waals surface area contributed by atoms with Gasteiger partial charge in [0.15, 0.2) is 0 Å². The molecule has 1 heterocycles. The van der Waals surface area contributed by atoms with Crippen LogP contribution in [0.3, 0.4) is 0 Å². The Bertz CT molecular complexity index is 1020. The standard InChI is InChI=1S/C20H14F4N2O2/c1-12-15(9-10-18(21)25-12)19(27)26-13-5-4-6-14(11-13)28-17-8-3-2-7-16(17)20(22,23)24/h2-11H,1H3,(H,26,27). The second kappa shape index (κ2) is 7.67. The Hall–Kier alpha value is -3.42. The number of amides is 1. The number of ether oxygens (including phenoxy) is 1. The van der Waals surface area contributed by atoms with Crippen LogP contribution in [0.15, 0.2) is 60.7 Å². The number of benzene rings is 2. The number of carbonyl (C=O) groups excluding carboxylic acids is 1. The molecule has 144 valence electrons. The maximum atomic E-state index is 13.1. The molecule has 0 aliphatic carbocycles. The molecule has 28 heavy (non-hydrogen) atoms. The summed E-state index contributed by atoms with van der Waals surface area (Å²) in [6.45, 7) is 1.49. The average molecular weight is 390 g/mol. The number of alkyl halides is 3. The Balaban J connectivity index is 1.81. The van der Waals surface area contributed by atoms with Crippen LogP contribution in [0, 0.1) is 12.9 Å². The number of pyridine rings is 1. The van der Waals surface area contributed by atoms with Gasteiger partial charge < -0.3 is 10.1 Å². The number of aryl methyl sites for hydroxylation is 1. The zero-order chi connectivity index (χ0) is 20.3. The SMILES string of the molecule is Cc1nc(F)ccc1C(=O)Nc1cccc(Oc2ccccc2C(F)(F)F)c1. The number of hydrogen-bond donors (Lipinski definition) is 1. The van der Waals surface area contributed by atoms with E-state index in [1.807, 2.05) is 0 Å². The number of hydrogen-bond acceptors (Lipinski definition) is 3. The summed E-state index contributed by atoms with van der Waals surface area (Å²) in [5.41, 5.74) is -0.215. The van der Waals surface area contributed by atoms with Crippen molar-refractivity contribution in [1.29, 1.82) is 0 Å². The smallest absolute Gasteiger partial charge is 0.419 e. The minimum Gasteiger partial charge on any atom is -0.457 e. The Labute approximate surface area is 157 Å². The Morgan fingerprint density at radius 3 is 2.50 bits per heavy atom. The zero-order valence-electron chi connectivity index (χ0n) is 14.5. The molecule has 3 rings (SSSR count). The van der Waals surface area contributed by atoms with E-state index in [1.165, 1.54) is 49.4 Å². The van der Waals surface area contributed by atoms with Gasteiger partial charge in [-0.05, 0) is 43.3 Å². The molecular formula is C20H14F4N2O2. The molecule has 0 aliphatic heterocycles. The Morgan fingerprint density at radius 2 is 1.79 bits per heavy atom. The molecule has 0 bridgehead atoms. The van der Waals surface area contributed by atoms with Crippen LogP contribution in [0.4, 0.5) is 23.2 Å². The van der Waals surface area contributed by atoms with Crippen molar-refractivity contribution in [2.45, 2.75) is 13.1 Å². The van der Waals surface area contributed by atoms with Gasteiger partial charge in [0.1, 0.15) is 11.5 Å². The van der Waals surface area contributed by atoms with Crippen LogP contribution in [0.25, 0.3) is 0 Å². The van der Waals surface area contributed by atoms with Gasteiger partial charge in [0.25, 0.3) is 5.91 Å². The van der Waals surface area contributed by atoms with Gasteiger partial charge in [-0.3, -0.25) is 4.79 Å². The zero-order valence-corrected chi connectivity index (χ0v) is 14.5. The van der Waals surface area contributed by atoms with E-state index in [2.05, 4.69) is 10.3 Å². The van der Waals surface area contributed by atoms with E-state index in [-0.39, 0.29) is 22.8 Å². The monoisotopic (exact) mass is 390 g/mol. The maximum Gasteiger partial charge on any atom is 0.419 e. The van der Waals surface area contributed by atoms with Gasteiger partial charge in [-0.15, -0.1) is 0 Å². The first-order valence-corrected chi connectivity index (χ1v) is 8.12. The van der Waals surface area contributed by atoms with Crippen molar-refractivity contribution >= 4 is 11.6 Å². The Morgan fingerprint density at radius 1 is 1.04 bits per heavy atom. The second-order valence-electron chi connectivity index (χ2n) is 5.84. The molecule has 0 spiro atoms. The minimum absolute atomic E-state index is 0.114. The molecule has 4 nitrogen and oxygen atoms in total. The first-order chi connectivity index (χ1) is 13.2. The molecule has 8 heteroatoms. The van der Waals surface area contributed by atoms with E-state index in [4.69, 9.17) is 4.74 Å². The van der Waals surface area contributed by atoms with Gasteiger partial charge in [0.05, 0.1) is 16.8 Å². The lowest BCUT2D eigenvalue weighted by Gasteiger charge is -2.14. The molecule has 0 unspecified atom stereocenters. The third-order valence-corrected chi connectivity index (χ3v) is 3.81. The van der Waals surface area contributed by atoms with Crippen molar-refractivity contribution in [3.63, 3.8) is 0 Å². The molecule has 3 aromatic rings. The van der Waals surface area contributed by atoms with Crippen LogP contribution in [0.1, 0.15) is 21.6 Å². The van der Waals surface area contributed by atoms with Gasteiger partial charge >= 0.3 is 6.18 Å². The van der Waals surface area contributed by atoms with Crippen LogP contribution in [0.5, 0.6) is 11.5 Å². The number of halogens is 4. The number of aromatic nitrogens is 1. The lowest BCUT2D eigenvalue weighted by molar-refractivity contribution is -0.138. The highest BCUT2D eigenvalue weighted by Crippen LogP contribution is 2.38. The predicted molar refractivity (Wildman–Crippen MR) is 94.8 cm³/mol. The van der Waals surface area contributed by atoms with Crippen LogP contribution >= 0.6 is 0 Å². The third kappa shape index (κ3) is 4.46. The maximum absolute atomic E-state index is 13.1. The number of para-hydroxylation sites is 1. The number of anilines is 1. The molecule has 1 aromatic heterocycles. The van der Waals surface area contributed by atoms with Crippen molar-refractivity contribution in [1.82, 2.24) is 4.98 Å². The number of nitrogens with zero attached hydrogens (tertiary/aromatic N) is 1. The second-order valence-corrected chi connectivity index (χ2v) is 5.84. The first kappa shape index (κ1) is 19.3. The summed E-state index contributed by atoms with van der Waals surface area (Å²) in [6.07, 6.45) is -4.56. The molecule has 0 radical (unpaired) electrons. The lowest BCUT2D eigenvalue weighted by atomic mass is 10.2. The summed E-state index contributed by atoms with van der Waals surface area (Å²) in [6, 6.07) is 13.1. The fraction of sp³-hybridized carbons (Fsp3) is 0.100. The summed E-state index contributed by atoms with van der Waals surface area (Å²) in [7, 11) is 0. The minimum atomic E-state index is -4.56. The van der Waals surface area contributed by atoms with E-state index in [1.54, 1.807) is 6.07 Å². The van der Waals surface area contributed by atoms with Crippen LogP contribution in [-0.2, 0) is 6.18 Å². The summed E-state index contributed by atoms with van der Waals surface area (Å²) >= 11 is 0. The fourth-order valence-corrected chi connectivity index (χ4v) is 2.52. The highest BCUT2D eigenvalue weighted by atomic mass is 19.4. The molecule has 2 aromatic carbocycles. The van der Waals surface area contributed by atoms with E-state index >= 15 is 0 Å². The van der Waals surface area contributed by atoms with Crippen molar-refractivity contribution in [3.8, 4) is 11.5 Å². The molecule has 1 N–H and O–H groups in total. The van der Waals surface area contributed by atoms with Gasteiger partial charge in [-0.2, -0.15) is 17.6 Å². The van der Waals surface area contributed by atoms with E-state index in [9.17, 15) is 22.4 Å². The quantitative estimate of drug-likeness (QED) is 0.467. The van der Waals surface area contributed by atoms with Crippen molar-refractivity contribution in [3.05, 3.63) is 83.4 Å². The first-order valence-electron chi connectivity index (χ1n) is 8.12. The third-order valence-electron chi connectivity index (χ3n) is 3.81. The van der Waals surface area contributed by atoms with Gasteiger partial charge in [-0.1, -0.05) is 18.2 Å². The molecule has 0 fully saturated rings.